The molecule has 0 spiro atoms. The number of rotatable bonds is 7. The van der Waals surface area contributed by atoms with Gasteiger partial charge in [0.1, 0.15) is 11.6 Å². The van der Waals surface area contributed by atoms with Crippen molar-refractivity contribution >= 4 is 46.3 Å². The maximum absolute atomic E-state index is 13.1. The van der Waals surface area contributed by atoms with Crippen molar-refractivity contribution in [3.05, 3.63) is 59.2 Å². The molecular formula is C23H26ClN5O5. The van der Waals surface area contributed by atoms with Crippen LogP contribution in [0.5, 0.6) is 0 Å². The first kappa shape index (κ1) is 25.0. The molecule has 2 amide bonds. The lowest BCUT2D eigenvalue weighted by Crippen LogP contribution is -2.40. The normalized spacial score (nSPS) is 12.2. The molecular weight excluding hydrogens is 462 g/mol. The van der Waals surface area contributed by atoms with Crippen molar-refractivity contribution in [2.75, 3.05) is 18.4 Å². The average molecular weight is 488 g/mol. The number of carbonyl (C=O) groups is 3. The lowest BCUT2D eigenvalue weighted by molar-refractivity contribution is -0.118. The standard InChI is InChI=1S/C23H26ClN5O5/c1-23(2,3)34-21(31)26-10-9-25-19(14-5-4-6-16(24)11-14)20(30)28-17-7-8-18-15(12-17)13-27-29(18)22(32)33/h4-8,11-13,19,25H,9-10H2,1-3H3,(H,26,31)(H,28,30)(H,32,33). The molecule has 0 radical (unpaired) electrons. The maximum Gasteiger partial charge on any atom is 0.432 e. The lowest BCUT2D eigenvalue weighted by Gasteiger charge is -2.21. The number of hydrogen-bond donors (Lipinski definition) is 4. The molecule has 3 aromatic rings. The Morgan fingerprint density at radius 1 is 1.15 bits per heavy atom. The smallest absolute Gasteiger partial charge is 0.432 e. The van der Waals surface area contributed by atoms with Crippen LogP contribution in [0.4, 0.5) is 15.3 Å². The minimum absolute atomic E-state index is 0.236. The van der Waals surface area contributed by atoms with Gasteiger partial charge in [0.15, 0.2) is 0 Å². The van der Waals surface area contributed by atoms with Gasteiger partial charge in [-0.25, -0.2) is 9.59 Å². The van der Waals surface area contributed by atoms with Crippen molar-refractivity contribution < 1.29 is 24.2 Å². The summed E-state index contributed by atoms with van der Waals surface area (Å²) in [5.74, 6) is -0.357. The van der Waals surface area contributed by atoms with Crippen molar-refractivity contribution in [2.24, 2.45) is 0 Å². The number of ether oxygens (including phenoxy) is 1. The number of benzene rings is 2. The number of carbonyl (C=O) groups excluding carboxylic acids is 2. The molecule has 0 aliphatic carbocycles. The van der Waals surface area contributed by atoms with Crippen LogP contribution in [0.1, 0.15) is 32.4 Å². The Morgan fingerprint density at radius 2 is 1.91 bits per heavy atom. The van der Waals surface area contributed by atoms with Crippen LogP contribution in [0.25, 0.3) is 10.9 Å². The van der Waals surface area contributed by atoms with Gasteiger partial charge in [-0.3, -0.25) is 4.79 Å². The van der Waals surface area contributed by atoms with Crippen LogP contribution >= 0.6 is 11.6 Å². The van der Waals surface area contributed by atoms with Crippen molar-refractivity contribution in [1.29, 1.82) is 0 Å². The molecule has 1 heterocycles. The fourth-order valence-corrected chi connectivity index (χ4v) is 3.42. The van der Waals surface area contributed by atoms with Gasteiger partial charge in [0.2, 0.25) is 5.91 Å². The number of aromatic nitrogens is 2. The van der Waals surface area contributed by atoms with Crippen molar-refractivity contribution in [3.63, 3.8) is 0 Å². The Labute approximate surface area is 201 Å². The summed E-state index contributed by atoms with van der Waals surface area (Å²) in [7, 11) is 0. The van der Waals surface area contributed by atoms with Crippen LogP contribution in [0.2, 0.25) is 5.02 Å². The highest BCUT2D eigenvalue weighted by Gasteiger charge is 2.22. The topological polar surface area (TPSA) is 135 Å². The zero-order valence-electron chi connectivity index (χ0n) is 19.0. The first-order valence-corrected chi connectivity index (χ1v) is 10.9. The molecule has 4 N–H and O–H groups in total. The second kappa shape index (κ2) is 10.5. The van der Waals surface area contributed by atoms with Crippen molar-refractivity contribution in [2.45, 2.75) is 32.4 Å². The van der Waals surface area contributed by atoms with E-state index in [-0.39, 0.29) is 19.0 Å². The molecule has 11 heteroatoms. The van der Waals surface area contributed by atoms with Crippen molar-refractivity contribution in [3.8, 4) is 0 Å². The largest absolute Gasteiger partial charge is 0.463 e. The van der Waals surface area contributed by atoms with Gasteiger partial charge >= 0.3 is 12.2 Å². The summed E-state index contributed by atoms with van der Waals surface area (Å²) in [5, 5.41) is 22.6. The number of amides is 2. The summed E-state index contributed by atoms with van der Waals surface area (Å²) in [5.41, 5.74) is 0.913. The minimum atomic E-state index is -1.20. The third kappa shape index (κ3) is 6.69. The number of halogens is 1. The zero-order valence-corrected chi connectivity index (χ0v) is 19.7. The molecule has 1 unspecified atom stereocenters. The summed E-state index contributed by atoms with van der Waals surface area (Å²) in [6.07, 6.45) is -0.334. The Hall–Kier alpha value is -3.63. The molecule has 2 aromatic carbocycles. The number of alkyl carbamates (subject to hydrolysis) is 1. The summed E-state index contributed by atoms with van der Waals surface area (Å²) >= 11 is 6.12. The van der Waals surface area contributed by atoms with Gasteiger partial charge in [-0.15, -0.1) is 0 Å². The number of nitrogens with one attached hydrogen (secondary N) is 3. The second-order valence-electron chi connectivity index (χ2n) is 8.47. The Kier molecular flexibility index (Phi) is 7.75. The highest BCUT2D eigenvalue weighted by atomic mass is 35.5. The highest BCUT2D eigenvalue weighted by molar-refractivity contribution is 6.30. The lowest BCUT2D eigenvalue weighted by atomic mass is 10.1. The van der Waals surface area contributed by atoms with Crippen molar-refractivity contribution in [1.82, 2.24) is 20.4 Å². The third-order valence-electron chi connectivity index (χ3n) is 4.60. The monoisotopic (exact) mass is 487 g/mol. The Morgan fingerprint density at radius 3 is 2.59 bits per heavy atom. The van der Waals surface area contributed by atoms with E-state index in [1.54, 1.807) is 63.2 Å². The number of carboxylic acid groups (broad SMARTS) is 1. The third-order valence-corrected chi connectivity index (χ3v) is 4.84. The fraction of sp³-hybridized carbons (Fsp3) is 0.304. The number of fused-ring (bicyclic) bond motifs is 1. The molecule has 1 atom stereocenters. The second-order valence-corrected chi connectivity index (χ2v) is 8.91. The molecule has 0 bridgehead atoms. The summed E-state index contributed by atoms with van der Waals surface area (Å²) in [4.78, 5) is 36.2. The molecule has 0 saturated carbocycles. The number of nitrogens with zero attached hydrogens (tertiary/aromatic N) is 2. The molecule has 1 aromatic heterocycles. The number of hydrogen-bond acceptors (Lipinski definition) is 6. The van der Waals surface area contributed by atoms with E-state index in [9.17, 15) is 19.5 Å². The van der Waals surface area contributed by atoms with E-state index < -0.39 is 23.8 Å². The average Bonchev–Trinajstić information content (AvgIpc) is 3.16. The quantitative estimate of drug-likeness (QED) is 0.370. The molecule has 3 rings (SSSR count). The molecule has 180 valence electrons. The first-order valence-electron chi connectivity index (χ1n) is 10.5. The highest BCUT2D eigenvalue weighted by Crippen LogP contribution is 2.22. The molecule has 0 saturated heterocycles. The molecule has 0 aliphatic rings. The number of anilines is 1. The molecule has 0 aliphatic heterocycles. The predicted octanol–water partition coefficient (Wildman–Crippen LogP) is 4.01. The van der Waals surface area contributed by atoms with Gasteiger partial charge < -0.3 is 25.8 Å². The van der Waals surface area contributed by atoms with Crippen LogP contribution in [0.15, 0.2) is 48.7 Å². The van der Waals surface area contributed by atoms with E-state index in [0.29, 0.717) is 27.2 Å². The Bertz CT molecular complexity index is 1200. The SMILES string of the molecule is CC(C)(C)OC(=O)NCCNC(C(=O)Nc1ccc2c(cnn2C(=O)O)c1)c1cccc(Cl)c1. The van der Waals surface area contributed by atoms with E-state index in [0.717, 1.165) is 4.68 Å². The maximum atomic E-state index is 13.1. The van der Waals surface area contributed by atoms with E-state index in [1.165, 1.54) is 6.20 Å². The van der Waals surface area contributed by atoms with Gasteiger partial charge in [0, 0.05) is 29.2 Å². The van der Waals surface area contributed by atoms with Crippen LogP contribution in [0, 0.1) is 0 Å². The van der Waals surface area contributed by atoms with Crippen LogP contribution in [-0.4, -0.2) is 51.7 Å². The summed E-state index contributed by atoms with van der Waals surface area (Å²) in [6, 6.07) is 10.9. The van der Waals surface area contributed by atoms with Crippen LogP contribution in [-0.2, 0) is 9.53 Å². The van der Waals surface area contributed by atoms with Gasteiger partial charge in [0.25, 0.3) is 0 Å². The van der Waals surface area contributed by atoms with E-state index in [4.69, 9.17) is 16.3 Å². The van der Waals surface area contributed by atoms with Crippen LogP contribution < -0.4 is 16.0 Å². The van der Waals surface area contributed by atoms with Gasteiger partial charge in [0.05, 0.1) is 11.7 Å². The van der Waals surface area contributed by atoms with Crippen LogP contribution in [0.3, 0.4) is 0 Å². The summed E-state index contributed by atoms with van der Waals surface area (Å²) < 4.78 is 6.06. The first-order chi connectivity index (χ1) is 16.0. The Balaban J connectivity index is 1.70. The molecule has 0 fully saturated rings. The van der Waals surface area contributed by atoms with Gasteiger partial charge in [-0.05, 0) is 56.7 Å². The molecule has 34 heavy (non-hydrogen) atoms. The van der Waals surface area contributed by atoms with E-state index in [2.05, 4.69) is 21.0 Å². The zero-order chi connectivity index (χ0) is 24.9. The predicted molar refractivity (Wildman–Crippen MR) is 128 cm³/mol. The van der Waals surface area contributed by atoms with Gasteiger partial charge in [-0.1, -0.05) is 23.7 Å². The summed E-state index contributed by atoms with van der Waals surface area (Å²) in [6.45, 7) is 5.84. The molecule has 10 nitrogen and oxygen atoms in total. The van der Waals surface area contributed by atoms with Gasteiger partial charge in [-0.2, -0.15) is 9.78 Å². The van der Waals surface area contributed by atoms with E-state index in [1.807, 2.05) is 0 Å². The van der Waals surface area contributed by atoms with E-state index >= 15 is 0 Å². The minimum Gasteiger partial charge on any atom is -0.463 e. The fourth-order valence-electron chi connectivity index (χ4n) is 3.22.